The standard InChI is InChI=1S/C12H19NO4/c1-8(2)17-9-3-12(4-9)5-10(14)13(7-12)6-11(15)16/h8-9H,3-7H2,1-2H3,(H,15,16). The van der Waals surface area contributed by atoms with Gasteiger partial charge in [0.05, 0.1) is 12.2 Å². The maximum absolute atomic E-state index is 11.7. The Morgan fingerprint density at radius 3 is 2.76 bits per heavy atom. The lowest BCUT2D eigenvalue weighted by atomic mass is 9.66. The van der Waals surface area contributed by atoms with Gasteiger partial charge in [-0.1, -0.05) is 0 Å². The van der Waals surface area contributed by atoms with Crippen molar-refractivity contribution in [2.24, 2.45) is 5.41 Å². The number of likely N-dealkylation sites (tertiary alicyclic amines) is 1. The SMILES string of the molecule is CC(C)OC1CC2(CC(=O)N(CC(=O)O)C2)C1. The third-order valence-corrected chi connectivity index (χ3v) is 3.52. The van der Waals surface area contributed by atoms with Crippen molar-refractivity contribution in [1.29, 1.82) is 0 Å². The Morgan fingerprint density at radius 2 is 2.24 bits per heavy atom. The number of carboxylic acids is 1. The predicted molar refractivity (Wildman–Crippen MR) is 60.5 cm³/mol. The molecular formula is C12H19NO4. The second-order valence-corrected chi connectivity index (χ2v) is 5.54. The highest BCUT2D eigenvalue weighted by molar-refractivity contribution is 5.84. The van der Waals surface area contributed by atoms with Gasteiger partial charge in [-0.15, -0.1) is 0 Å². The zero-order chi connectivity index (χ0) is 12.6. The van der Waals surface area contributed by atoms with E-state index in [4.69, 9.17) is 9.84 Å². The lowest BCUT2D eigenvalue weighted by Crippen LogP contribution is -2.45. The molecule has 0 atom stereocenters. The molecule has 1 saturated carbocycles. The number of aliphatic carboxylic acids is 1. The minimum Gasteiger partial charge on any atom is -0.480 e. The van der Waals surface area contributed by atoms with Crippen LogP contribution < -0.4 is 0 Å². The number of carbonyl (C=O) groups is 2. The van der Waals surface area contributed by atoms with E-state index in [1.165, 1.54) is 4.90 Å². The fraction of sp³-hybridized carbons (Fsp3) is 0.833. The van der Waals surface area contributed by atoms with Gasteiger partial charge in [0.15, 0.2) is 0 Å². The predicted octanol–water partition coefficient (Wildman–Crippen LogP) is 0.877. The number of ether oxygens (including phenoxy) is 1. The van der Waals surface area contributed by atoms with Gasteiger partial charge in [0.25, 0.3) is 0 Å². The summed E-state index contributed by atoms with van der Waals surface area (Å²) in [4.78, 5) is 23.7. The molecule has 17 heavy (non-hydrogen) atoms. The summed E-state index contributed by atoms with van der Waals surface area (Å²) in [7, 11) is 0. The molecule has 1 spiro atoms. The van der Waals surface area contributed by atoms with Crippen LogP contribution >= 0.6 is 0 Å². The monoisotopic (exact) mass is 241 g/mol. The van der Waals surface area contributed by atoms with Gasteiger partial charge in [-0.25, -0.2) is 0 Å². The molecule has 0 aromatic rings. The summed E-state index contributed by atoms with van der Waals surface area (Å²) in [5, 5.41) is 8.70. The van der Waals surface area contributed by atoms with Crippen molar-refractivity contribution in [3.63, 3.8) is 0 Å². The minimum absolute atomic E-state index is 0.00785. The van der Waals surface area contributed by atoms with Gasteiger partial charge in [0, 0.05) is 18.4 Å². The molecule has 0 radical (unpaired) electrons. The Kier molecular flexibility index (Phi) is 3.12. The first-order chi connectivity index (χ1) is 7.90. The normalized spacial score (nSPS) is 32.3. The number of rotatable bonds is 4. The van der Waals surface area contributed by atoms with E-state index in [1.807, 2.05) is 13.8 Å². The van der Waals surface area contributed by atoms with Crippen molar-refractivity contribution in [3.8, 4) is 0 Å². The molecule has 0 unspecified atom stereocenters. The molecule has 1 aliphatic carbocycles. The van der Waals surface area contributed by atoms with Crippen molar-refractivity contribution in [1.82, 2.24) is 4.90 Å². The fourth-order valence-electron chi connectivity index (χ4n) is 2.95. The van der Waals surface area contributed by atoms with E-state index in [-0.39, 0.29) is 30.1 Å². The quantitative estimate of drug-likeness (QED) is 0.793. The van der Waals surface area contributed by atoms with Crippen molar-refractivity contribution < 1.29 is 19.4 Å². The van der Waals surface area contributed by atoms with Crippen molar-refractivity contribution in [2.45, 2.75) is 45.3 Å². The van der Waals surface area contributed by atoms with Crippen LogP contribution in [0, 0.1) is 5.41 Å². The maximum atomic E-state index is 11.7. The van der Waals surface area contributed by atoms with E-state index >= 15 is 0 Å². The summed E-state index contributed by atoms with van der Waals surface area (Å²) in [6.07, 6.45) is 2.70. The van der Waals surface area contributed by atoms with E-state index in [0.29, 0.717) is 13.0 Å². The first-order valence-corrected chi connectivity index (χ1v) is 6.05. The van der Waals surface area contributed by atoms with E-state index in [2.05, 4.69) is 0 Å². The number of carbonyl (C=O) groups excluding carboxylic acids is 1. The highest BCUT2D eigenvalue weighted by atomic mass is 16.5. The molecule has 5 nitrogen and oxygen atoms in total. The first kappa shape index (κ1) is 12.4. The highest BCUT2D eigenvalue weighted by Gasteiger charge is 2.52. The van der Waals surface area contributed by atoms with E-state index in [1.54, 1.807) is 0 Å². The van der Waals surface area contributed by atoms with Crippen LogP contribution in [0.3, 0.4) is 0 Å². The van der Waals surface area contributed by atoms with Gasteiger partial charge in [-0.3, -0.25) is 9.59 Å². The highest BCUT2D eigenvalue weighted by Crippen LogP contribution is 2.50. The smallest absolute Gasteiger partial charge is 0.323 e. The zero-order valence-corrected chi connectivity index (χ0v) is 10.3. The Bertz CT molecular complexity index is 333. The van der Waals surface area contributed by atoms with Crippen LogP contribution in [-0.2, 0) is 14.3 Å². The van der Waals surface area contributed by atoms with Crippen molar-refractivity contribution in [3.05, 3.63) is 0 Å². The van der Waals surface area contributed by atoms with Gasteiger partial charge in [0.2, 0.25) is 5.91 Å². The van der Waals surface area contributed by atoms with Crippen LogP contribution in [0.2, 0.25) is 0 Å². The molecule has 1 heterocycles. The summed E-state index contributed by atoms with van der Waals surface area (Å²) < 4.78 is 5.68. The van der Waals surface area contributed by atoms with Crippen molar-refractivity contribution >= 4 is 11.9 Å². The van der Waals surface area contributed by atoms with Gasteiger partial charge in [-0.05, 0) is 26.7 Å². The Labute approximate surface area is 101 Å². The van der Waals surface area contributed by atoms with Crippen LogP contribution in [0.4, 0.5) is 0 Å². The molecule has 0 aromatic carbocycles. The molecule has 2 fully saturated rings. The van der Waals surface area contributed by atoms with Gasteiger partial charge >= 0.3 is 5.97 Å². The Hall–Kier alpha value is -1.10. The summed E-state index contributed by atoms with van der Waals surface area (Å²) in [5.41, 5.74) is -0.00785. The molecule has 0 aromatic heterocycles. The lowest BCUT2D eigenvalue weighted by Gasteiger charge is -2.44. The summed E-state index contributed by atoms with van der Waals surface area (Å²) in [6, 6.07) is 0. The molecule has 96 valence electrons. The zero-order valence-electron chi connectivity index (χ0n) is 10.3. The maximum Gasteiger partial charge on any atom is 0.323 e. The molecule has 5 heteroatoms. The number of hydrogen-bond donors (Lipinski definition) is 1. The Morgan fingerprint density at radius 1 is 1.59 bits per heavy atom. The van der Waals surface area contributed by atoms with Crippen LogP contribution in [-0.4, -0.2) is 47.2 Å². The van der Waals surface area contributed by atoms with Crippen LogP contribution in [0.15, 0.2) is 0 Å². The van der Waals surface area contributed by atoms with Gasteiger partial charge < -0.3 is 14.7 Å². The molecule has 1 saturated heterocycles. The topological polar surface area (TPSA) is 66.8 Å². The fourth-order valence-corrected chi connectivity index (χ4v) is 2.95. The number of nitrogens with zero attached hydrogens (tertiary/aromatic N) is 1. The third kappa shape index (κ3) is 2.60. The van der Waals surface area contributed by atoms with E-state index in [0.717, 1.165) is 12.8 Å². The first-order valence-electron chi connectivity index (χ1n) is 6.05. The average molecular weight is 241 g/mol. The van der Waals surface area contributed by atoms with E-state index < -0.39 is 5.97 Å². The second kappa shape index (κ2) is 4.29. The van der Waals surface area contributed by atoms with Crippen LogP contribution in [0.1, 0.15) is 33.1 Å². The lowest BCUT2D eigenvalue weighted by molar-refractivity contribution is -0.142. The Balaban J connectivity index is 1.86. The van der Waals surface area contributed by atoms with Gasteiger partial charge in [0.1, 0.15) is 6.54 Å². The van der Waals surface area contributed by atoms with Crippen molar-refractivity contribution in [2.75, 3.05) is 13.1 Å². The van der Waals surface area contributed by atoms with Crippen LogP contribution in [0.5, 0.6) is 0 Å². The molecule has 2 rings (SSSR count). The minimum atomic E-state index is -0.940. The number of carboxylic acid groups (broad SMARTS) is 1. The molecule has 2 aliphatic rings. The third-order valence-electron chi connectivity index (χ3n) is 3.52. The molecule has 1 N–H and O–H groups in total. The summed E-state index contributed by atoms with van der Waals surface area (Å²) in [6.45, 7) is 4.41. The molecule has 1 amide bonds. The summed E-state index contributed by atoms with van der Waals surface area (Å²) in [5.74, 6) is -0.972. The average Bonchev–Trinajstić information content (AvgIpc) is 2.40. The number of amides is 1. The second-order valence-electron chi connectivity index (χ2n) is 5.54. The number of hydrogen-bond acceptors (Lipinski definition) is 3. The molecule has 1 aliphatic heterocycles. The summed E-state index contributed by atoms with van der Waals surface area (Å²) >= 11 is 0. The largest absolute Gasteiger partial charge is 0.480 e. The van der Waals surface area contributed by atoms with E-state index in [9.17, 15) is 9.59 Å². The molecule has 0 bridgehead atoms. The van der Waals surface area contributed by atoms with Gasteiger partial charge in [-0.2, -0.15) is 0 Å². The molecular weight excluding hydrogens is 222 g/mol. The van der Waals surface area contributed by atoms with Crippen LogP contribution in [0.25, 0.3) is 0 Å².